The van der Waals surface area contributed by atoms with Gasteiger partial charge < -0.3 is 10.4 Å². The highest BCUT2D eigenvalue weighted by atomic mass is 16.3. The Kier molecular flexibility index (Phi) is 4.46. The molecule has 0 aliphatic heterocycles. The number of amides is 1. The minimum Gasteiger partial charge on any atom is -0.493 e. The molecule has 0 spiro atoms. The maximum Gasteiger partial charge on any atom is 0.241 e. The molecule has 0 saturated heterocycles. The van der Waals surface area contributed by atoms with Gasteiger partial charge in [0.15, 0.2) is 0 Å². The smallest absolute Gasteiger partial charge is 0.241 e. The molecule has 0 saturated carbocycles. The molecular formula is C16H19N7O2. The molecule has 25 heavy (non-hydrogen) atoms. The fraction of sp³-hybridized carbons (Fsp3) is 0.312. The van der Waals surface area contributed by atoms with E-state index in [0.29, 0.717) is 22.8 Å². The Morgan fingerprint density at radius 3 is 2.80 bits per heavy atom. The second-order valence-corrected chi connectivity index (χ2v) is 5.83. The Morgan fingerprint density at radius 2 is 2.16 bits per heavy atom. The maximum atomic E-state index is 11.5. The number of likely N-dealkylation sites (N-methyl/N-ethyl adjacent to an activating group) is 1. The van der Waals surface area contributed by atoms with E-state index >= 15 is 0 Å². The van der Waals surface area contributed by atoms with E-state index in [1.807, 2.05) is 13.8 Å². The lowest BCUT2D eigenvalue weighted by atomic mass is 9.99. The zero-order valence-corrected chi connectivity index (χ0v) is 14.2. The van der Waals surface area contributed by atoms with E-state index in [2.05, 4.69) is 25.4 Å². The Labute approximate surface area is 144 Å². The highest BCUT2D eigenvalue weighted by Crippen LogP contribution is 2.33. The molecular weight excluding hydrogens is 322 g/mol. The van der Waals surface area contributed by atoms with E-state index in [0.717, 1.165) is 0 Å². The predicted molar refractivity (Wildman–Crippen MR) is 90.2 cm³/mol. The van der Waals surface area contributed by atoms with E-state index in [4.69, 9.17) is 0 Å². The quantitative estimate of drug-likeness (QED) is 0.719. The fourth-order valence-corrected chi connectivity index (χ4v) is 2.49. The molecule has 9 nitrogen and oxygen atoms in total. The van der Waals surface area contributed by atoms with Crippen LogP contribution >= 0.6 is 0 Å². The summed E-state index contributed by atoms with van der Waals surface area (Å²) in [4.78, 5) is 24.2. The molecule has 0 aliphatic rings. The Morgan fingerprint density at radius 1 is 1.36 bits per heavy atom. The molecule has 0 unspecified atom stereocenters. The van der Waals surface area contributed by atoms with Crippen molar-refractivity contribution >= 4 is 5.91 Å². The number of aromatic hydroxyl groups is 1. The molecule has 130 valence electrons. The molecule has 0 fully saturated rings. The number of imidazole rings is 1. The third kappa shape index (κ3) is 3.35. The number of rotatable bonds is 5. The molecule has 9 heteroatoms. The number of hydrogen-bond donors (Lipinski definition) is 2. The third-order valence-corrected chi connectivity index (χ3v) is 3.72. The van der Waals surface area contributed by atoms with E-state index < -0.39 is 0 Å². The first-order valence-electron chi connectivity index (χ1n) is 7.82. The summed E-state index contributed by atoms with van der Waals surface area (Å²) in [7, 11) is 1.57. The van der Waals surface area contributed by atoms with E-state index in [9.17, 15) is 9.90 Å². The van der Waals surface area contributed by atoms with Crippen molar-refractivity contribution in [2.45, 2.75) is 26.3 Å². The average molecular weight is 341 g/mol. The molecule has 1 amide bonds. The summed E-state index contributed by atoms with van der Waals surface area (Å²) in [6.07, 6.45) is 8.21. The number of aromatic nitrogens is 6. The van der Waals surface area contributed by atoms with Gasteiger partial charge in [-0.15, -0.1) is 0 Å². The molecule has 2 N–H and O–H groups in total. The van der Waals surface area contributed by atoms with Gasteiger partial charge in [0, 0.05) is 36.8 Å². The van der Waals surface area contributed by atoms with Crippen molar-refractivity contribution in [3.8, 4) is 23.1 Å². The van der Waals surface area contributed by atoms with Gasteiger partial charge in [0.1, 0.15) is 12.9 Å². The summed E-state index contributed by atoms with van der Waals surface area (Å²) in [5, 5.41) is 17.2. The molecule has 0 radical (unpaired) electrons. The van der Waals surface area contributed by atoms with Crippen LogP contribution in [0.25, 0.3) is 17.2 Å². The zero-order chi connectivity index (χ0) is 18.0. The summed E-state index contributed by atoms with van der Waals surface area (Å²) < 4.78 is 3.14. The van der Waals surface area contributed by atoms with E-state index in [-0.39, 0.29) is 24.2 Å². The molecule has 0 aliphatic carbocycles. The van der Waals surface area contributed by atoms with Gasteiger partial charge in [-0.3, -0.25) is 14.0 Å². The van der Waals surface area contributed by atoms with Crippen molar-refractivity contribution in [3.63, 3.8) is 0 Å². The van der Waals surface area contributed by atoms with Crippen LogP contribution in [0.5, 0.6) is 5.88 Å². The highest BCUT2D eigenvalue weighted by Gasteiger charge is 2.20. The van der Waals surface area contributed by atoms with Crippen molar-refractivity contribution in [2.24, 2.45) is 0 Å². The number of nitrogens with one attached hydrogen (secondary N) is 1. The summed E-state index contributed by atoms with van der Waals surface area (Å²) in [6.45, 7) is 4.01. The van der Waals surface area contributed by atoms with Crippen LogP contribution in [-0.2, 0) is 11.3 Å². The molecule has 0 bridgehead atoms. The van der Waals surface area contributed by atoms with Crippen LogP contribution in [0.15, 0.2) is 31.1 Å². The van der Waals surface area contributed by atoms with Gasteiger partial charge >= 0.3 is 0 Å². The van der Waals surface area contributed by atoms with Crippen molar-refractivity contribution < 1.29 is 9.90 Å². The van der Waals surface area contributed by atoms with E-state index in [1.54, 1.807) is 42.7 Å². The molecule has 3 heterocycles. The second-order valence-electron chi connectivity index (χ2n) is 5.83. The van der Waals surface area contributed by atoms with Crippen LogP contribution < -0.4 is 5.32 Å². The van der Waals surface area contributed by atoms with Crippen LogP contribution in [0.4, 0.5) is 0 Å². The van der Waals surface area contributed by atoms with Crippen LogP contribution in [0.1, 0.15) is 25.3 Å². The van der Waals surface area contributed by atoms with Crippen molar-refractivity contribution in [2.75, 3.05) is 7.05 Å². The molecule has 3 rings (SSSR count). The summed E-state index contributed by atoms with van der Waals surface area (Å²) in [5.74, 6) is 0.0914. The minimum absolute atomic E-state index is 0.00845. The number of hydrogen-bond acceptors (Lipinski definition) is 6. The maximum absolute atomic E-state index is 11.5. The van der Waals surface area contributed by atoms with Crippen LogP contribution in [0.3, 0.4) is 0 Å². The SMILES string of the molecule is CNC(=O)Cn1cc(-c2nc(-n3ccnc3)nc(O)c2C(C)C)cn1. The Bertz CT molecular complexity index is 884. The van der Waals surface area contributed by atoms with Gasteiger partial charge in [-0.25, -0.2) is 9.97 Å². The Hall–Kier alpha value is -3.23. The van der Waals surface area contributed by atoms with Crippen molar-refractivity contribution in [3.05, 3.63) is 36.7 Å². The minimum atomic E-state index is -0.150. The van der Waals surface area contributed by atoms with Gasteiger partial charge in [0.05, 0.1) is 11.9 Å². The second kappa shape index (κ2) is 6.71. The highest BCUT2D eigenvalue weighted by molar-refractivity contribution is 5.75. The molecule has 0 aromatic carbocycles. The molecule has 3 aromatic rings. The third-order valence-electron chi connectivity index (χ3n) is 3.72. The first kappa shape index (κ1) is 16.6. The van der Waals surface area contributed by atoms with Gasteiger partial charge in [-0.05, 0) is 5.92 Å². The summed E-state index contributed by atoms with van der Waals surface area (Å²) in [6, 6.07) is 0. The number of carbonyl (C=O) groups is 1. The summed E-state index contributed by atoms with van der Waals surface area (Å²) in [5.41, 5.74) is 1.91. The standard InChI is InChI=1S/C16H19N7O2/c1-10(2)13-14(11-6-19-23(7-11)8-12(24)17-3)20-16(21-15(13)25)22-5-4-18-9-22/h4-7,9-10H,8H2,1-3H3,(H,17,24)(H,20,21,25). The lowest BCUT2D eigenvalue weighted by Gasteiger charge is -2.14. The Balaban J connectivity index is 2.08. The van der Waals surface area contributed by atoms with Crippen molar-refractivity contribution in [1.82, 2.24) is 34.6 Å². The lowest BCUT2D eigenvalue weighted by molar-refractivity contribution is -0.121. The van der Waals surface area contributed by atoms with Crippen LogP contribution in [0, 0.1) is 0 Å². The normalized spacial score (nSPS) is 11.0. The summed E-state index contributed by atoms with van der Waals surface area (Å²) >= 11 is 0. The average Bonchev–Trinajstić information content (AvgIpc) is 3.25. The van der Waals surface area contributed by atoms with E-state index in [1.165, 1.54) is 4.68 Å². The van der Waals surface area contributed by atoms with Crippen LogP contribution in [-0.4, -0.2) is 47.4 Å². The van der Waals surface area contributed by atoms with Gasteiger partial charge in [0.25, 0.3) is 0 Å². The first-order chi connectivity index (χ1) is 12.0. The molecule has 0 atom stereocenters. The van der Waals surface area contributed by atoms with Gasteiger partial charge in [-0.1, -0.05) is 13.8 Å². The lowest BCUT2D eigenvalue weighted by Crippen LogP contribution is -2.23. The largest absolute Gasteiger partial charge is 0.493 e. The zero-order valence-electron chi connectivity index (χ0n) is 14.2. The van der Waals surface area contributed by atoms with Gasteiger partial charge in [-0.2, -0.15) is 10.1 Å². The number of nitrogens with zero attached hydrogens (tertiary/aromatic N) is 6. The number of carbonyl (C=O) groups excluding carboxylic acids is 1. The van der Waals surface area contributed by atoms with Crippen molar-refractivity contribution in [1.29, 1.82) is 0 Å². The van der Waals surface area contributed by atoms with Crippen LogP contribution in [0.2, 0.25) is 0 Å². The monoisotopic (exact) mass is 341 g/mol. The van der Waals surface area contributed by atoms with Gasteiger partial charge in [0.2, 0.25) is 17.7 Å². The predicted octanol–water partition coefficient (Wildman–Crippen LogP) is 1.10. The first-order valence-corrected chi connectivity index (χ1v) is 7.82. The fourth-order valence-electron chi connectivity index (χ4n) is 2.49. The molecule has 3 aromatic heterocycles. The topological polar surface area (TPSA) is 111 Å².